The minimum atomic E-state index is -2.63. The molecule has 0 amide bonds. The van der Waals surface area contributed by atoms with Crippen molar-refractivity contribution in [1.29, 1.82) is 0 Å². The molecule has 13 heavy (non-hydrogen) atoms. The average molecular weight is 206 g/mol. The van der Waals surface area contributed by atoms with Gasteiger partial charge >= 0.3 is 0 Å². The van der Waals surface area contributed by atoms with Gasteiger partial charge in [0.25, 0.3) is 0 Å². The molecule has 3 nitrogen and oxygen atoms in total. The van der Waals surface area contributed by atoms with Gasteiger partial charge in [-0.2, -0.15) is 0 Å². The second kappa shape index (κ2) is 6.33. The monoisotopic (exact) mass is 206 g/mol. The van der Waals surface area contributed by atoms with Crippen molar-refractivity contribution in [3.8, 4) is 0 Å². The molecule has 0 spiro atoms. The summed E-state index contributed by atoms with van der Waals surface area (Å²) in [5.41, 5.74) is 0. The molecule has 0 rings (SSSR count). The van der Waals surface area contributed by atoms with Gasteiger partial charge in [-0.1, -0.05) is 19.8 Å². The molecule has 0 N–H and O–H groups in total. The summed E-state index contributed by atoms with van der Waals surface area (Å²) in [5.74, 6) is 0.0566. The maximum absolute atomic E-state index is 11.4. The Morgan fingerprint density at radius 1 is 1.38 bits per heavy atom. The Labute approximate surface area is 80.3 Å². The van der Waals surface area contributed by atoms with Gasteiger partial charge in [0, 0.05) is 20.2 Å². The Bertz CT molecular complexity index is 201. The third-order valence-electron chi connectivity index (χ3n) is 1.91. The fourth-order valence-electron chi connectivity index (χ4n) is 1.04. The summed E-state index contributed by atoms with van der Waals surface area (Å²) in [6.45, 7) is 3.59. The maximum Gasteiger partial charge on any atom is 0.207 e. The van der Waals surface area contributed by atoms with E-state index in [2.05, 4.69) is 6.92 Å². The predicted octanol–water partition coefficient (Wildman–Crippen LogP) is 2.69. The third kappa shape index (κ3) is 6.97. The van der Waals surface area contributed by atoms with Gasteiger partial charge in [-0.05, 0) is 6.42 Å². The van der Waals surface area contributed by atoms with E-state index < -0.39 is 7.37 Å². The first-order chi connectivity index (χ1) is 6.02. The summed E-state index contributed by atoms with van der Waals surface area (Å²) in [4.78, 5) is 11.2. The Morgan fingerprint density at radius 3 is 2.46 bits per heavy atom. The number of rotatable bonds is 7. The number of carbonyl (C=O) groups is 1. The van der Waals surface area contributed by atoms with E-state index in [4.69, 9.17) is 4.52 Å². The molecule has 1 unspecified atom stereocenters. The molecule has 0 aromatic carbocycles. The van der Waals surface area contributed by atoms with E-state index >= 15 is 0 Å². The van der Waals surface area contributed by atoms with E-state index in [0.29, 0.717) is 6.42 Å². The van der Waals surface area contributed by atoms with E-state index in [9.17, 15) is 9.36 Å². The van der Waals surface area contributed by atoms with Crippen LogP contribution in [0.1, 0.15) is 32.6 Å². The van der Waals surface area contributed by atoms with Gasteiger partial charge < -0.3 is 4.52 Å². The molecule has 0 aromatic heterocycles. The Kier molecular flexibility index (Phi) is 6.27. The molecular formula is C9H19O3P. The van der Waals surface area contributed by atoms with Crippen LogP contribution in [0.2, 0.25) is 0 Å². The Balaban J connectivity index is 3.68. The van der Waals surface area contributed by atoms with E-state index in [-0.39, 0.29) is 11.9 Å². The van der Waals surface area contributed by atoms with Gasteiger partial charge in [0.1, 0.15) is 5.78 Å². The van der Waals surface area contributed by atoms with Crippen molar-refractivity contribution < 1.29 is 13.9 Å². The third-order valence-corrected chi connectivity index (χ3v) is 3.61. The van der Waals surface area contributed by atoms with Gasteiger partial charge in [0.05, 0.1) is 6.16 Å². The Morgan fingerprint density at radius 2 is 2.00 bits per heavy atom. The van der Waals surface area contributed by atoms with Crippen molar-refractivity contribution in [2.75, 3.05) is 19.9 Å². The lowest BCUT2D eigenvalue weighted by Crippen LogP contribution is -2.05. The zero-order valence-corrected chi connectivity index (χ0v) is 9.60. The fourth-order valence-corrected chi connectivity index (χ4v) is 1.96. The minimum Gasteiger partial charge on any atom is -0.332 e. The molecule has 0 saturated carbocycles. The molecule has 4 heteroatoms. The predicted molar refractivity (Wildman–Crippen MR) is 54.6 cm³/mol. The number of hydrogen-bond donors (Lipinski definition) is 0. The zero-order chi connectivity index (χ0) is 10.3. The molecule has 0 saturated heterocycles. The van der Waals surface area contributed by atoms with Crippen molar-refractivity contribution in [3.05, 3.63) is 0 Å². The minimum absolute atomic E-state index is 0.0566. The standard InChI is InChI=1S/C9H19O3P/c1-4-5-6-7-9(10)8-13(3,11)12-2/h4-8H2,1-3H3. The van der Waals surface area contributed by atoms with Crippen LogP contribution in [-0.4, -0.2) is 25.7 Å². The van der Waals surface area contributed by atoms with Crippen molar-refractivity contribution in [2.45, 2.75) is 32.6 Å². The van der Waals surface area contributed by atoms with Crippen LogP contribution in [0.4, 0.5) is 0 Å². The van der Waals surface area contributed by atoms with E-state index in [0.717, 1.165) is 19.3 Å². The largest absolute Gasteiger partial charge is 0.332 e. The van der Waals surface area contributed by atoms with Crippen LogP contribution in [0, 0.1) is 0 Å². The van der Waals surface area contributed by atoms with E-state index in [1.807, 2.05) is 0 Å². The molecule has 0 aliphatic rings. The SMILES string of the molecule is CCCCCC(=O)CP(C)(=O)OC. The molecule has 0 bridgehead atoms. The van der Waals surface area contributed by atoms with Crippen LogP contribution in [0.3, 0.4) is 0 Å². The molecule has 0 fully saturated rings. The summed E-state index contributed by atoms with van der Waals surface area (Å²) in [7, 11) is -1.24. The number of Topliss-reactive ketones (excluding diaryl/α,β-unsaturated/α-hetero) is 1. The van der Waals surface area contributed by atoms with Crippen molar-refractivity contribution in [1.82, 2.24) is 0 Å². The summed E-state index contributed by atoms with van der Waals surface area (Å²) < 4.78 is 16.1. The summed E-state index contributed by atoms with van der Waals surface area (Å²) in [6, 6.07) is 0. The quantitative estimate of drug-likeness (QED) is 0.475. The Hall–Kier alpha value is -0.140. The molecule has 0 heterocycles. The van der Waals surface area contributed by atoms with Gasteiger partial charge in [-0.25, -0.2) is 0 Å². The summed E-state index contributed by atoms with van der Waals surface area (Å²) in [5, 5.41) is 0. The van der Waals surface area contributed by atoms with Crippen LogP contribution in [0.25, 0.3) is 0 Å². The fraction of sp³-hybridized carbons (Fsp3) is 0.889. The van der Waals surface area contributed by atoms with Crippen LogP contribution in [-0.2, 0) is 13.9 Å². The molecule has 0 aliphatic carbocycles. The topological polar surface area (TPSA) is 43.4 Å². The maximum atomic E-state index is 11.4. The lowest BCUT2D eigenvalue weighted by molar-refractivity contribution is -0.116. The normalized spacial score (nSPS) is 15.3. The summed E-state index contributed by atoms with van der Waals surface area (Å²) >= 11 is 0. The molecule has 0 aromatic rings. The van der Waals surface area contributed by atoms with Crippen molar-refractivity contribution >= 4 is 13.2 Å². The van der Waals surface area contributed by atoms with Gasteiger partial charge in [0.2, 0.25) is 7.37 Å². The van der Waals surface area contributed by atoms with Crippen LogP contribution < -0.4 is 0 Å². The zero-order valence-electron chi connectivity index (χ0n) is 8.71. The highest BCUT2D eigenvalue weighted by Gasteiger charge is 2.18. The average Bonchev–Trinajstić information content (AvgIpc) is 2.04. The van der Waals surface area contributed by atoms with E-state index in [1.54, 1.807) is 0 Å². The second-order valence-corrected chi connectivity index (χ2v) is 6.06. The first-order valence-electron chi connectivity index (χ1n) is 4.66. The molecule has 0 radical (unpaired) electrons. The number of carbonyl (C=O) groups excluding carboxylic acids is 1. The van der Waals surface area contributed by atoms with E-state index in [1.165, 1.54) is 13.8 Å². The van der Waals surface area contributed by atoms with Crippen LogP contribution in [0.15, 0.2) is 0 Å². The highest BCUT2D eigenvalue weighted by atomic mass is 31.2. The van der Waals surface area contributed by atoms with Gasteiger partial charge in [0.15, 0.2) is 0 Å². The lowest BCUT2D eigenvalue weighted by Gasteiger charge is -2.08. The smallest absolute Gasteiger partial charge is 0.207 e. The molecular weight excluding hydrogens is 187 g/mol. The number of ketones is 1. The summed E-state index contributed by atoms with van der Waals surface area (Å²) in [6.07, 6.45) is 3.69. The highest BCUT2D eigenvalue weighted by Crippen LogP contribution is 2.41. The van der Waals surface area contributed by atoms with Crippen LogP contribution in [0.5, 0.6) is 0 Å². The van der Waals surface area contributed by atoms with Crippen LogP contribution >= 0.6 is 7.37 Å². The van der Waals surface area contributed by atoms with Crippen molar-refractivity contribution in [2.24, 2.45) is 0 Å². The lowest BCUT2D eigenvalue weighted by atomic mass is 10.2. The molecule has 1 atom stereocenters. The molecule has 78 valence electrons. The first kappa shape index (κ1) is 12.9. The number of hydrogen-bond acceptors (Lipinski definition) is 3. The number of unbranched alkanes of at least 4 members (excludes halogenated alkanes) is 2. The van der Waals surface area contributed by atoms with Gasteiger partial charge in [-0.3, -0.25) is 9.36 Å². The first-order valence-corrected chi connectivity index (χ1v) is 6.91. The highest BCUT2D eigenvalue weighted by molar-refractivity contribution is 7.59. The van der Waals surface area contributed by atoms with Gasteiger partial charge in [-0.15, -0.1) is 0 Å². The molecule has 0 aliphatic heterocycles. The second-order valence-electron chi connectivity index (χ2n) is 3.35. The van der Waals surface area contributed by atoms with Crippen molar-refractivity contribution in [3.63, 3.8) is 0 Å².